The Kier molecular flexibility index (Phi) is 2.92. The molecule has 5 atom stereocenters. The average molecular weight is 251 g/mol. The molecule has 2 bridgehead atoms. The van der Waals surface area contributed by atoms with Crippen LogP contribution in [0.25, 0.3) is 0 Å². The second kappa shape index (κ2) is 4.45. The summed E-state index contributed by atoms with van der Waals surface area (Å²) in [5.74, 6) is 7.25. The Morgan fingerprint density at radius 1 is 0.824 bits per heavy atom. The number of hydrogen-bond acceptors (Lipinski definition) is 2. The summed E-state index contributed by atoms with van der Waals surface area (Å²) in [4.78, 5) is 0. The van der Waals surface area contributed by atoms with Crippen molar-refractivity contribution in [3.63, 3.8) is 0 Å². The van der Waals surface area contributed by atoms with E-state index in [2.05, 4.69) is 17.1 Å². The summed E-state index contributed by atoms with van der Waals surface area (Å²) in [5, 5.41) is 4.05. The molecule has 2 heteroatoms. The zero-order chi connectivity index (χ0) is 11.2. The molecule has 1 aliphatic heterocycles. The van der Waals surface area contributed by atoms with Crippen LogP contribution in [-0.2, 0) is 0 Å². The summed E-state index contributed by atoms with van der Waals surface area (Å²) >= 11 is 2.15. The molecule has 1 heterocycles. The van der Waals surface area contributed by atoms with Gasteiger partial charge in [-0.2, -0.15) is 11.8 Å². The Morgan fingerprint density at radius 3 is 2.53 bits per heavy atom. The molecule has 96 valence electrons. The molecule has 0 radical (unpaired) electrons. The molecule has 1 saturated heterocycles. The first kappa shape index (κ1) is 11.2. The molecule has 17 heavy (non-hydrogen) atoms. The molecular weight excluding hydrogens is 226 g/mol. The van der Waals surface area contributed by atoms with Crippen LogP contribution in [0.5, 0.6) is 0 Å². The van der Waals surface area contributed by atoms with Crippen LogP contribution >= 0.6 is 11.8 Å². The van der Waals surface area contributed by atoms with E-state index in [1.54, 1.807) is 19.3 Å². The second-order valence-electron chi connectivity index (χ2n) is 6.81. The Labute approximate surface area is 109 Å². The van der Waals surface area contributed by atoms with Crippen molar-refractivity contribution in [2.24, 2.45) is 23.7 Å². The van der Waals surface area contributed by atoms with E-state index in [-0.39, 0.29) is 0 Å². The predicted molar refractivity (Wildman–Crippen MR) is 74.3 cm³/mol. The zero-order valence-electron chi connectivity index (χ0n) is 10.7. The van der Waals surface area contributed by atoms with Crippen LogP contribution in [0.3, 0.4) is 0 Å². The minimum atomic E-state index is 0.862. The van der Waals surface area contributed by atoms with Gasteiger partial charge in [-0.3, -0.25) is 0 Å². The predicted octanol–water partition coefficient (Wildman–Crippen LogP) is 3.30. The van der Waals surface area contributed by atoms with Gasteiger partial charge in [0.2, 0.25) is 0 Å². The Hall–Kier alpha value is 0.310. The van der Waals surface area contributed by atoms with E-state index in [0.717, 1.165) is 35.8 Å². The molecule has 4 rings (SSSR count). The Bertz CT molecular complexity index is 287. The van der Waals surface area contributed by atoms with E-state index in [9.17, 15) is 0 Å². The molecular formula is C15H25NS. The largest absolute Gasteiger partial charge is 0.311 e. The minimum Gasteiger partial charge on any atom is -0.311 e. The first-order valence-electron chi connectivity index (χ1n) is 7.75. The van der Waals surface area contributed by atoms with Crippen molar-refractivity contribution in [2.45, 2.75) is 57.0 Å². The molecule has 0 aromatic rings. The van der Waals surface area contributed by atoms with E-state index in [1.807, 2.05) is 0 Å². The fourth-order valence-electron chi connectivity index (χ4n) is 5.43. The van der Waals surface area contributed by atoms with Gasteiger partial charge in [-0.25, -0.2) is 0 Å². The van der Waals surface area contributed by atoms with E-state index >= 15 is 0 Å². The lowest BCUT2D eigenvalue weighted by molar-refractivity contribution is 0.195. The maximum absolute atomic E-state index is 4.05. The zero-order valence-corrected chi connectivity index (χ0v) is 11.6. The average Bonchev–Trinajstić information content (AvgIpc) is 3.01. The van der Waals surface area contributed by atoms with Gasteiger partial charge >= 0.3 is 0 Å². The molecule has 0 spiro atoms. The maximum Gasteiger partial charge on any atom is 0.0103 e. The Morgan fingerprint density at radius 2 is 1.65 bits per heavy atom. The molecule has 3 aliphatic carbocycles. The molecule has 1 nitrogen and oxygen atoms in total. The first-order chi connectivity index (χ1) is 8.42. The van der Waals surface area contributed by atoms with E-state index < -0.39 is 0 Å². The summed E-state index contributed by atoms with van der Waals surface area (Å²) in [6.45, 7) is 0. The van der Waals surface area contributed by atoms with Crippen molar-refractivity contribution in [3.8, 4) is 0 Å². The summed E-state index contributed by atoms with van der Waals surface area (Å²) < 4.78 is 0. The lowest BCUT2D eigenvalue weighted by Crippen LogP contribution is -2.45. The van der Waals surface area contributed by atoms with Gasteiger partial charge in [-0.15, -0.1) is 0 Å². The van der Waals surface area contributed by atoms with E-state index in [1.165, 1.54) is 37.2 Å². The third-order valence-corrected chi connectivity index (χ3v) is 7.15. The summed E-state index contributed by atoms with van der Waals surface area (Å²) in [5.41, 5.74) is 0. The van der Waals surface area contributed by atoms with E-state index in [0.29, 0.717) is 0 Å². The molecule has 5 unspecified atom stereocenters. The van der Waals surface area contributed by atoms with Crippen LogP contribution in [-0.4, -0.2) is 23.6 Å². The van der Waals surface area contributed by atoms with Crippen molar-refractivity contribution in [2.75, 3.05) is 11.5 Å². The SMILES string of the molecule is C1CC2C3CC(NC4CCSCC4)C(C3)C2C1. The van der Waals surface area contributed by atoms with Gasteiger partial charge in [-0.1, -0.05) is 6.42 Å². The number of nitrogens with one attached hydrogen (secondary N) is 1. The quantitative estimate of drug-likeness (QED) is 0.808. The van der Waals surface area contributed by atoms with Gasteiger partial charge in [-0.05, 0) is 73.7 Å². The molecule has 0 aromatic carbocycles. The Balaban J connectivity index is 1.40. The topological polar surface area (TPSA) is 12.0 Å². The molecule has 4 aliphatic rings. The first-order valence-corrected chi connectivity index (χ1v) is 8.91. The summed E-state index contributed by atoms with van der Waals surface area (Å²) in [6, 6.07) is 1.77. The van der Waals surface area contributed by atoms with Crippen LogP contribution in [0, 0.1) is 23.7 Å². The van der Waals surface area contributed by atoms with Crippen molar-refractivity contribution < 1.29 is 0 Å². The third kappa shape index (κ3) is 1.87. The van der Waals surface area contributed by atoms with Crippen molar-refractivity contribution in [1.29, 1.82) is 0 Å². The van der Waals surface area contributed by atoms with Crippen molar-refractivity contribution >= 4 is 11.8 Å². The number of hydrogen-bond donors (Lipinski definition) is 1. The standard InChI is InChI=1S/C15H25NS/c1-2-12-10-8-14(13(12)3-1)15(9-10)16-11-4-6-17-7-5-11/h10-16H,1-9H2. The molecule has 0 aromatic heterocycles. The van der Waals surface area contributed by atoms with Crippen LogP contribution < -0.4 is 5.32 Å². The number of thioether (sulfide) groups is 1. The van der Waals surface area contributed by atoms with Gasteiger partial charge in [0.25, 0.3) is 0 Å². The fraction of sp³-hybridized carbons (Fsp3) is 1.00. The van der Waals surface area contributed by atoms with Crippen molar-refractivity contribution in [3.05, 3.63) is 0 Å². The fourth-order valence-corrected chi connectivity index (χ4v) is 6.53. The van der Waals surface area contributed by atoms with Crippen LogP contribution in [0.4, 0.5) is 0 Å². The van der Waals surface area contributed by atoms with Crippen LogP contribution in [0.2, 0.25) is 0 Å². The van der Waals surface area contributed by atoms with Crippen LogP contribution in [0.1, 0.15) is 44.9 Å². The van der Waals surface area contributed by atoms with E-state index in [4.69, 9.17) is 0 Å². The number of fused-ring (bicyclic) bond motifs is 5. The second-order valence-corrected chi connectivity index (χ2v) is 8.04. The highest BCUT2D eigenvalue weighted by molar-refractivity contribution is 7.99. The van der Waals surface area contributed by atoms with Crippen molar-refractivity contribution in [1.82, 2.24) is 5.32 Å². The monoisotopic (exact) mass is 251 g/mol. The van der Waals surface area contributed by atoms with Gasteiger partial charge < -0.3 is 5.32 Å². The summed E-state index contributed by atoms with van der Waals surface area (Å²) in [7, 11) is 0. The highest BCUT2D eigenvalue weighted by atomic mass is 32.2. The highest BCUT2D eigenvalue weighted by Crippen LogP contribution is 2.58. The smallest absolute Gasteiger partial charge is 0.0103 e. The van der Waals surface area contributed by atoms with Gasteiger partial charge in [0, 0.05) is 12.1 Å². The van der Waals surface area contributed by atoms with Gasteiger partial charge in [0.15, 0.2) is 0 Å². The van der Waals surface area contributed by atoms with Gasteiger partial charge in [0.1, 0.15) is 0 Å². The molecule has 4 fully saturated rings. The maximum atomic E-state index is 4.05. The van der Waals surface area contributed by atoms with Crippen LogP contribution in [0.15, 0.2) is 0 Å². The molecule has 0 amide bonds. The third-order valence-electron chi connectivity index (χ3n) is 6.10. The minimum absolute atomic E-state index is 0.862. The lowest BCUT2D eigenvalue weighted by Gasteiger charge is -2.35. The summed E-state index contributed by atoms with van der Waals surface area (Å²) in [6.07, 6.45) is 10.6. The highest BCUT2D eigenvalue weighted by Gasteiger charge is 2.53. The number of rotatable bonds is 2. The molecule has 1 N–H and O–H groups in total. The normalized spacial score (nSPS) is 49.8. The van der Waals surface area contributed by atoms with Gasteiger partial charge in [0.05, 0.1) is 0 Å². The lowest BCUT2D eigenvalue weighted by atomic mass is 9.79. The molecule has 3 saturated carbocycles.